The highest BCUT2D eigenvalue weighted by atomic mass is 16.3. The molecule has 6 nitrogen and oxygen atoms in total. The molecule has 27 heavy (non-hydrogen) atoms. The Hall–Kier alpha value is -2.63. The van der Waals surface area contributed by atoms with Crippen LogP contribution in [0.2, 0.25) is 0 Å². The van der Waals surface area contributed by atoms with Crippen LogP contribution in [0.25, 0.3) is 0 Å². The Morgan fingerprint density at radius 1 is 1.11 bits per heavy atom. The smallest absolute Gasteiger partial charge is 0.230 e. The second kappa shape index (κ2) is 7.18. The zero-order valence-corrected chi connectivity index (χ0v) is 15.6. The van der Waals surface area contributed by atoms with Crippen molar-refractivity contribution < 1.29 is 14.7 Å². The van der Waals surface area contributed by atoms with E-state index in [2.05, 4.69) is 5.10 Å². The zero-order valence-electron chi connectivity index (χ0n) is 15.6. The summed E-state index contributed by atoms with van der Waals surface area (Å²) in [6, 6.07) is 6.42. The molecule has 0 spiro atoms. The molecule has 2 aliphatic rings. The monoisotopic (exact) mass is 367 g/mol. The molecule has 1 aliphatic heterocycles. The minimum Gasteiger partial charge on any atom is -0.508 e. The lowest BCUT2D eigenvalue weighted by atomic mass is 9.84. The molecule has 1 N–H and O–H groups in total. The van der Waals surface area contributed by atoms with Crippen molar-refractivity contribution in [2.75, 3.05) is 13.1 Å². The van der Waals surface area contributed by atoms with Crippen molar-refractivity contribution in [2.45, 2.75) is 38.0 Å². The van der Waals surface area contributed by atoms with Crippen LogP contribution in [0.15, 0.2) is 30.5 Å². The second-order valence-corrected chi connectivity index (χ2v) is 7.66. The molecule has 0 radical (unpaired) electrons. The van der Waals surface area contributed by atoms with E-state index in [0.29, 0.717) is 31.5 Å². The molecule has 1 unspecified atom stereocenters. The largest absolute Gasteiger partial charge is 0.508 e. The van der Waals surface area contributed by atoms with Crippen LogP contribution in [0.5, 0.6) is 5.75 Å². The molecule has 6 heteroatoms. The van der Waals surface area contributed by atoms with E-state index >= 15 is 0 Å². The summed E-state index contributed by atoms with van der Waals surface area (Å²) in [4.78, 5) is 27.7. The number of aromatic nitrogens is 2. The van der Waals surface area contributed by atoms with Crippen molar-refractivity contribution in [1.82, 2.24) is 14.7 Å². The molecule has 1 aromatic heterocycles. The quantitative estimate of drug-likeness (QED) is 0.847. The molecule has 1 fully saturated rings. The second-order valence-electron chi connectivity index (χ2n) is 7.66. The number of hydrogen-bond donors (Lipinski definition) is 1. The maximum Gasteiger partial charge on any atom is 0.230 e. The van der Waals surface area contributed by atoms with Gasteiger partial charge in [-0.2, -0.15) is 5.10 Å². The Morgan fingerprint density at radius 2 is 1.81 bits per heavy atom. The molecule has 1 aromatic carbocycles. The van der Waals surface area contributed by atoms with Crippen LogP contribution in [-0.4, -0.2) is 44.6 Å². The zero-order chi connectivity index (χ0) is 19.0. The maximum absolute atomic E-state index is 13.1. The lowest BCUT2D eigenvalue weighted by Crippen LogP contribution is -2.43. The van der Waals surface area contributed by atoms with Gasteiger partial charge in [0, 0.05) is 43.4 Å². The van der Waals surface area contributed by atoms with E-state index < -0.39 is 0 Å². The van der Waals surface area contributed by atoms with Gasteiger partial charge in [-0.25, -0.2) is 0 Å². The summed E-state index contributed by atoms with van der Waals surface area (Å²) in [5, 5.41) is 13.9. The van der Waals surface area contributed by atoms with Crippen molar-refractivity contribution in [1.29, 1.82) is 0 Å². The average molecular weight is 367 g/mol. The topological polar surface area (TPSA) is 75.4 Å². The van der Waals surface area contributed by atoms with Gasteiger partial charge in [0.05, 0.1) is 11.6 Å². The van der Waals surface area contributed by atoms with Gasteiger partial charge in [0.2, 0.25) is 5.91 Å². The summed E-state index contributed by atoms with van der Waals surface area (Å²) in [6.45, 7) is 1.25. The lowest BCUT2D eigenvalue weighted by Gasteiger charge is -2.34. The highest BCUT2D eigenvalue weighted by Crippen LogP contribution is 2.33. The molecule has 1 aliphatic carbocycles. The molecular formula is C21H25N3O3. The fourth-order valence-corrected chi connectivity index (χ4v) is 4.37. The highest BCUT2D eigenvalue weighted by Gasteiger charge is 2.34. The Balaban J connectivity index is 1.40. The molecule has 1 saturated heterocycles. The fourth-order valence-electron chi connectivity index (χ4n) is 4.37. The molecule has 4 rings (SSSR count). The van der Waals surface area contributed by atoms with Crippen molar-refractivity contribution in [2.24, 2.45) is 13.0 Å². The Kier molecular flexibility index (Phi) is 4.72. The Morgan fingerprint density at radius 3 is 2.52 bits per heavy atom. The summed E-state index contributed by atoms with van der Waals surface area (Å²) in [7, 11) is 1.90. The van der Waals surface area contributed by atoms with E-state index in [9.17, 15) is 14.7 Å². The number of piperidine rings is 1. The Labute approximate surface area is 158 Å². The molecule has 2 heterocycles. The number of carbonyl (C=O) groups is 2. The number of hydrogen-bond acceptors (Lipinski definition) is 4. The summed E-state index contributed by atoms with van der Waals surface area (Å²) in [5.74, 6) is 0.300. The first-order valence-electron chi connectivity index (χ1n) is 9.67. The van der Waals surface area contributed by atoms with Crippen LogP contribution in [0.1, 0.15) is 53.2 Å². The van der Waals surface area contributed by atoms with Gasteiger partial charge < -0.3 is 10.0 Å². The average Bonchev–Trinajstić information content (AvgIpc) is 3.08. The van der Waals surface area contributed by atoms with Gasteiger partial charge >= 0.3 is 0 Å². The molecule has 0 saturated carbocycles. The van der Waals surface area contributed by atoms with Crippen molar-refractivity contribution >= 4 is 11.7 Å². The van der Waals surface area contributed by atoms with Gasteiger partial charge in [-0.15, -0.1) is 0 Å². The van der Waals surface area contributed by atoms with Crippen LogP contribution in [0, 0.1) is 5.92 Å². The number of benzene rings is 1. The van der Waals surface area contributed by atoms with Gasteiger partial charge in [0.25, 0.3) is 0 Å². The molecule has 0 bridgehead atoms. The lowest BCUT2D eigenvalue weighted by molar-refractivity contribution is -0.134. The van der Waals surface area contributed by atoms with Gasteiger partial charge in [-0.1, -0.05) is 0 Å². The number of phenolic OH excluding ortho intramolecular Hbond substituents is 1. The van der Waals surface area contributed by atoms with Crippen LogP contribution in [0.3, 0.4) is 0 Å². The molecule has 142 valence electrons. The highest BCUT2D eigenvalue weighted by molar-refractivity contribution is 5.98. The van der Waals surface area contributed by atoms with Crippen LogP contribution < -0.4 is 0 Å². The summed E-state index contributed by atoms with van der Waals surface area (Å²) < 4.78 is 1.80. The molecule has 1 atom stereocenters. The number of rotatable bonds is 3. The number of Topliss-reactive ketones (excluding diaryl/α,β-unsaturated/α-hetero) is 1. The minimum absolute atomic E-state index is 0.0566. The standard InChI is InChI=1S/C21H25N3O3/c1-23-13-18-17(3-2-4-19(18)22-23)21(27)24-11-9-15(10-12-24)20(26)14-5-7-16(25)8-6-14/h5-8,13,15,17,25H,2-4,9-12H2,1H3. The van der Waals surface area contributed by atoms with Crippen molar-refractivity contribution in [3.05, 3.63) is 47.3 Å². The number of ketones is 1. The number of phenols is 1. The number of amides is 1. The van der Waals surface area contributed by atoms with Crippen LogP contribution in [0.4, 0.5) is 0 Å². The SMILES string of the molecule is Cn1cc2c(n1)CCCC2C(=O)N1CCC(C(=O)c2ccc(O)cc2)CC1. The summed E-state index contributed by atoms with van der Waals surface area (Å²) in [5.41, 5.74) is 2.76. The van der Waals surface area contributed by atoms with E-state index in [-0.39, 0.29) is 29.3 Å². The van der Waals surface area contributed by atoms with Crippen molar-refractivity contribution in [3.63, 3.8) is 0 Å². The summed E-state index contributed by atoms with van der Waals surface area (Å²) in [6.07, 6.45) is 6.19. The number of aryl methyl sites for hydroxylation is 2. The third-order valence-corrected chi connectivity index (χ3v) is 5.85. The number of fused-ring (bicyclic) bond motifs is 1. The summed E-state index contributed by atoms with van der Waals surface area (Å²) >= 11 is 0. The van der Waals surface area contributed by atoms with Gasteiger partial charge in [-0.3, -0.25) is 14.3 Å². The first kappa shape index (κ1) is 17.8. The third-order valence-electron chi connectivity index (χ3n) is 5.85. The fraction of sp³-hybridized carbons (Fsp3) is 0.476. The number of carbonyl (C=O) groups excluding carboxylic acids is 2. The first-order valence-corrected chi connectivity index (χ1v) is 9.67. The van der Waals surface area contributed by atoms with Crippen molar-refractivity contribution in [3.8, 4) is 5.75 Å². The number of nitrogens with zero attached hydrogens (tertiary/aromatic N) is 3. The van der Waals surface area contributed by atoms with E-state index in [4.69, 9.17) is 0 Å². The number of aromatic hydroxyl groups is 1. The van der Waals surface area contributed by atoms with E-state index in [1.165, 1.54) is 0 Å². The van der Waals surface area contributed by atoms with Gasteiger partial charge in [0.1, 0.15) is 5.75 Å². The maximum atomic E-state index is 13.1. The normalized spacial score (nSPS) is 20.3. The number of likely N-dealkylation sites (tertiary alicyclic amines) is 1. The van der Waals surface area contributed by atoms with E-state index in [0.717, 1.165) is 30.5 Å². The molecule has 1 amide bonds. The predicted octanol–water partition coefficient (Wildman–Crippen LogP) is 2.67. The Bertz CT molecular complexity index is 848. The van der Waals surface area contributed by atoms with Gasteiger partial charge in [-0.05, 0) is 56.4 Å². The minimum atomic E-state index is -0.0909. The molecule has 2 aromatic rings. The van der Waals surface area contributed by atoms with E-state index in [1.807, 2.05) is 18.1 Å². The third kappa shape index (κ3) is 3.48. The predicted molar refractivity (Wildman–Crippen MR) is 101 cm³/mol. The van der Waals surface area contributed by atoms with Gasteiger partial charge in [0.15, 0.2) is 5.78 Å². The van der Waals surface area contributed by atoms with Crippen LogP contribution in [-0.2, 0) is 18.3 Å². The molecular weight excluding hydrogens is 342 g/mol. The van der Waals surface area contributed by atoms with Crippen LogP contribution >= 0.6 is 0 Å². The first-order chi connectivity index (χ1) is 13.0. The van der Waals surface area contributed by atoms with E-state index in [1.54, 1.807) is 28.9 Å².